The first-order chi connectivity index (χ1) is 10.9. The second kappa shape index (κ2) is 7.13. The third-order valence-corrected chi connectivity index (χ3v) is 4.49. The molecule has 0 saturated heterocycles. The molecule has 0 heterocycles. The molecule has 0 bridgehead atoms. The van der Waals surface area contributed by atoms with Gasteiger partial charge in [0.25, 0.3) is 0 Å². The first-order valence-corrected chi connectivity index (χ1v) is 8.07. The average Bonchev–Trinajstić information content (AvgIpc) is 2.61. The minimum atomic E-state index is 0.437. The van der Waals surface area contributed by atoms with E-state index in [2.05, 4.69) is 30.3 Å². The van der Waals surface area contributed by atoms with Crippen molar-refractivity contribution in [3.8, 4) is 11.8 Å². The van der Waals surface area contributed by atoms with E-state index in [1.54, 1.807) is 0 Å². The lowest BCUT2D eigenvalue weighted by Gasteiger charge is -2.22. The fraction of sp³-hybridized carbons (Fsp3) is 0.350. The van der Waals surface area contributed by atoms with Crippen molar-refractivity contribution in [3.63, 3.8) is 0 Å². The Hall–Kier alpha value is -2.27. The van der Waals surface area contributed by atoms with Gasteiger partial charge in [0.05, 0.1) is 11.6 Å². The number of hydrogen-bond donors (Lipinski definition) is 0. The van der Waals surface area contributed by atoms with Crippen LogP contribution in [0.3, 0.4) is 0 Å². The lowest BCUT2D eigenvalue weighted by molar-refractivity contribution is 0.305. The van der Waals surface area contributed by atoms with E-state index in [-0.39, 0.29) is 0 Å². The third kappa shape index (κ3) is 3.49. The lowest BCUT2D eigenvalue weighted by Crippen LogP contribution is -2.04. The van der Waals surface area contributed by atoms with Gasteiger partial charge in [0.1, 0.15) is 12.4 Å². The molecule has 0 aliphatic heterocycles. The molecule has 2 heteroatoms. The SMILES string of the molecule is N#Cc1ccccc1COc1ccc(C2CCCCC2)cc1. The second-order valence-electron chi connectivity index (χ2n) is 5.96. The molecule has 0 atom stereocenters. The summed E-state index contributed by atoms with van der Waals surface area (Å²) in [6, 6.07) is 18.3. The van der Waals surface area contributed by atoms with Gasteiger partial charge >= 0.3 is 0 Å². The molecule has 2 nitrogen and oxygen atoms in total. The van der Waals surface area contributed by atoms with Crippen LogP contribution >= 0.6 is 0 Å². The molecule has 2 aromatic rings. The minimum absolute atomic E-state index is 0.437. The van der Waals surface area contributed by atoms with Gasteiger partial charge in [-0.15, -0.1) is 0 Å². The normalized spacial score (nSPS) is 15.2. The van der Waals surface area contributed by atoms with Gasteiger partial charge in [-0.25, -0.2) is 0 Å². The summed E-state index contributed by atoms with van der Waals surface area (Å²) in [7, 11) is 0. The highest BCUT2D eigenvalue weighted by Crippen LogP contribution is 2.33. The molecule has 1 aliphatic carbocycles. The summed E-state index contributed by atoms with van der Waals surface area (Å²) >= 11 is 0. The van der Waals surface area contributed by atoms with Crippen LogP contribution in [-0.4, -0.2) is 0 Å². The van der Waals surface area contributed by atoms with Gasteiger partial charge in [-0.2, -0.15) is 5.26 Å². The van der Waals surface area contributed by atoms with E-state index in [1.165, 1.54) is 37.7 Å². The van der Waals surface area contributed by atoms with Crippen molar-refractivity contribution in [2.45, 2.75) is 44.6 Å². The van der Waals surface area contributed by atoms with Crippen LogP contribution < -0.4 is 4.74 Å². The van der Waals surface area contributed by atoms with Gasteiger partial charge in [-0.05, 0) is 42.5 Å². The highest BCUT2D eigenvalue weighted by molar-refractivity contribution is 5.37. The van der Waals surface area contributed by atoms with Crippen LogP contribution in [0.25, 0.3) is 0 Å². The number of ether oxygens (including phenoxy) is 1. The molecule has 0 unspecified atom stereocenters. The van der Waals surface area contributed by atoms with Crippen LogP contribution in [0.2, 0.25) is 0 Å². The first kappa shape index (κ1) is 14.7. The molecule has 0 amide bonds. The van der Waals surface area contributed by atoms with Gasteiger partial charge < -0.3 is 4.74 Å². The van der Waals surface area contributed by atoms with Crippen LogP contribution in [0.15, 0.2) is 48.5 Å². The summed E-state index contributed by atoms with van der Waals surface area (Å²) in [5.74, 6) is 1.59. The van der Waals surface area contributed by atoms with Crippen molar-refractivity contribution >= 4 is 0 Å². The molecule has 0 N–H and O–H groups in total. The fourth-order valence-corrected chi connectivity index (χ4v) is 3.19. The van der Waals surface area contributed by atoms with Crippen molar-refractivity contribution < 1.29 is 4.74 Å². The van der Waals surface area contributed by atoms with Gasteiger partial charge in [0.15, 0.2) is 0 Å². The van der Waals surface area contributed by atoms with Crippen molar-refractivity contribution in [3.05, 3.63) is 65.2 Å². The van der Waals surface area contributed by atoms with E-state index in [9.17, 15) is 0 Å². The van der Waals surface area contributed by atoms with Gasteiger partial charge in [-0.3, -0.25) is 0 Å². The molecule has 1 aliphatic rings. The molecule has 3 rings (SSSR count). The third-order valence-electron chi connectivity index (χ3n) is 4.49. The molecule has 0 radical (unpaired) electrons. The summed E-state index contributed by atoms with van der Waals surface area (Å²) in [5.41, 5.74) is 3.05. The quantitative estimate of drug-likeness (QED) is 0.777. The van der Waals surface area contributed by atoms with Crippen LogP contribution in [-0.2, 0) is 6.61 Å². The predicted octanol–water partition coefficient (Wildman–Crippen LogP) is 5.18. The van der Waals surface area contributed by atoms with E-state index < -0.39 is 0 Å². The zero-order valence-corrected chi connectivity index (χ0v) is 12.8. The molecular formula is C20H21NO. The van der Waals surface area contributed by atoms with Crippen molar-refractivity contribution in [1.29, 1.82) is 5.26 Å². The number of benzene rings is 2. The number of rotatable bonds is 4. The average molecular weight is 291 g/mol. The zero-order chi connectivity index (χ0) is 15.2. The number of nitriles is 1. The molecular weight excluding hydrogens is 270 g/mol. The monoisotopic (exact) mass is 291 g/mol. The first-order valence-electron chi connectivity index (χ1n) is 8.07. The second-order valence-corrected chi connectivity index (χ2v) is 5.96. The van der Waals surface area contributed by atoms with E-state index in [1.807, 2.05) is 24.3 Å². The zero-order valence-electron chi connectivity index (χ0n) is 12.8. The van der Waals surface area contributed by atoms with Crippen molar-refractivity contribution in [1.82, 2.24) is 0 Å². The van der Waals surface area contributed by atoms with Gasteiger partial charge in [0.2, 0.25) is 0 Å². The summed E-state index contributed by atoms with van der Waals surface area (Å²) < 4.78 is 5.83. The topological polar surface area (TPSA) is 33.0 Å². The van der Waals surface area contributed by atoms with Crippen LogP contribution in [0, 0.1) is 11.3 Å². The molecule has 0 aromatic heterocycles. The summed E-state index contributed by atoms with van der Waals surface area (Å²) in [4.78, 5) is 0. The molecule has 0 spiro atoms. The van der Waals surface area contributed by atoms with E-state index in [0.29, 0.717) is 12.2 Å². The maximum atomic E-state index is 9.09. The Bertz CT molecular complexity index is 648. The Labute approximate surface area is 132 Å². The highest BCUT2D eigenvalue weighted by atomic mass is 16.5. The fourth-order valence-electron chi connectivity index (χ4n) is 3.19. The Kier molecular flexibility index (Phi) is 4.75. The van der Waals surface area contributed by atoms with Gasteiger partial charge in [-0.1, -0.05) is 49.6 Å². The van der Waals surface area contributed by atoms with Gasteiger partial charge in [0, 0.05) is 5.56 Å². The van der Waals surface area contributed by atoms with Crippen LogP contribution in [0.5, 0.6) is 5.75 Å². The Balaban J connectivity index is 1.62. The molecule has 2 aromatic carbocycles. The lowest BCUT2D eigenvalue weighted by atomic mass is 9.84. The predicted molar refractivity (Wildman–Crippen MR) is 87.8 cm³/mol. The van der Waals surface area contributed by atoms with Crippen molar-refractivity contribution in [2.75, 3.05) is 0 Å². The maximum Gasteiger partial charge on any atom is 0.119 e. The standard InChI is InChI=1S/C20H21NO/c21-14-18-8-4-5-9-19(18)15-22-20-12-10-17(11-13-20)16-6-2-1-3-7-16/h4-5,8-13,16H,1-3,6-7,15H2. The Morgan fingerprint density at radius 3 is 2.41 bits per heavy atom. The Morgan fingerprint density at radius 2 is 1.68 bits per heavy atom. The molecule has 112 valence electrons. The van der Waals surface area contributed by atoms with Crippen molar-refractivity contribution in [2.24, 2.45) is 0 Å². The Morgan fingerprint density at radius 1 is 0.955 bits per heavy atom. The summed E-state index contributed by atoms with van der Waals surface area (Å²) in [5, 5.41) is 9.09. The van der Waals surface area contributed by atoms with E-state index in [4.69, 9.17) is 10.00 Å². The largest absolute Gasteiger partial charge is 0.489 e. The minimum Gasteiger partial charge on any atom is -0.489 e. The highest BCUT2D eigenvalue weighted by Gasteiger charge is 2.15. The molecule has 1 fully saturated rings. The van der Waals surface area contributed by atoms with E-state index in [0.717, 1.165) is 17.2 Å². The summed E-state index contributed by atoms with van der Waals surface area (Å²) in [6.07, 6.45) is 6.73. The van der Waals surface area contributed by atoms with Crippen LogP contribution in [0.1, 0.15) is 54.7 Å². The number of nitrogens with zero attached hydrogens (tertiary/aromatic N) is 1. The van der Waals surface area contributed by atoms with Crippen LogP contribution in [0.4, 0.5) is 0 Å². The van der Waals surface area contributed by atoms with E-state index >= 15 is 0 Å². The number of hydrogen-bond acceptors (Lipinski definition) is 2. The summed E-state index contributed by atoms with van der Waals surface area (Å²) in [6.45, 7) is 0.437. The molecule has 22 heavy (non-hydrogen) atoms. The molecule has 1 saturated carbocycles. The smallest absolute Gasteiger partial charge is 0.119 e. The maximum absolute atomic E-state index is 9.09.